The second-order valence-corrected chi connectivity index (χ2v) is 6.27. The van der Waals surface area contributed by atoms with Gasteiger partial charge in [-0.2, -0.15) is 0 Å². The number of hydrogen-bond donors (Lipinski definition) is 1. The molecule has 0 saturated heterocycles. The van der Waals surface area contributed by atoms with Crippen molar-refractivity contribution in [3.63, 3.8) is 0 Å². The van der Waals surface area contributed by atoms with Crippen molar-refractivity contribution in [1.82, 2.24) is 10.2 Å². The summed E-state index contributed by atoms with van der Waals surface area (Å²) >= 11 is 5.98. The Labute approximate surface area is 143 Å². The summed E-state index contributed by atoms with van der Waals surface area (Å²) < 4.78 is 0. The van der Waals surface area contributed by atoms with E-state index < -0.39 is 0 Å². The zero-order chi connectivity index (χ0) is 16.7. The third kappa shape index (κ3) is 6.05. The minimum absolute atomic E-state index is 0.0445. The highest BCUT2D eigenvalue weighted by Gasteiger charge is 2.07. The van der Waals surface area contributed by atoms with Crippen LogP contribution in [0.3, 0.4) is 0 Å². The van der Waals surface area contributed by atoms with Crippen molar-refractivity contribution in [1.29, 1.82) is 0 Å². The Bertz CT molecular complexity index is 657. The fourth-order valence-corrected chi connectivity index (χ4v) is 2.74. The highest BCUT2D eigenvalue weighted by Crippen LogP contribution is 2.12. The lowest BCUT2D eigenvalue weighted by Gasteiger charge is -2.16. The summed E-state index contributed by atoms with van der Waals surface area (Å²) in [7, 11) is 1.93. The van der Waals surface area contributed by atoms with Crippen LogP contribution in [0.15, 0.2) is 48.5 Å². The molecule has 2 aromatic carbocycles. The topological polar surface area (TPSA) is 32.3 Å². The molecule has 4 heteroatoms. The molecule has 0 saturated carbocycles. The minimum Gasteiger partial charge on any atom is -0.355 e. The first-order valence-corrected chi connectivity index (χ1v) is 8.16. The fourth-order valence-electron chi connectivity index (χ4n) is 2.53. The van der Waals surface area contributed by atoms with E-state index in [1.54, 1.807) is 0 Å². The van der Waals surface area contributed by atoms with Crippen molar-refractivity contribution < 1.29 is 4.79 Å². The van der Waals surface area contributed by atoms with Crippen molar-refractivity contribution in [3.8, 4) is 0 Å². The first-order chi connectivity index (χ1) is 11.0. The summed E-state index contributed by atoms with van der Waals surface area (Å²) in [4.78, 5) is 14.0. The van der Waals surface area contributed by atoms with E-state index in [1.165, 1.54) is 11.1 Å². The van der Waals surface area contributed by atoms with E-state index in [1.807, 2.05) is 48.3 Å². The van der Waals surface area contributed by atoms with Gasteiger partial charge in [0.1, 0.15) is 0 Å². The van der Waals surface area contributed by atoms with Crippen LogP contribution in [0.4, 0.5) is 0 Å². The largest absolute Gasteiger partial charge is 0.355 e. The van der Waals surface area contributed by atoms with E-state index in [2.05, 4.69) is 24.4 Å². The molecule has 0 aliphatic rings. The molecule has 1 amide bonds. The van der Waals surface area contributed by atoms with E-state index >= 15 is 0 Å². The van der Waals surface area contributed by atoms with Crippen molar-refractivity contribution in [2.45, 2.75) is 19.9 Å². The van der Waals surface area contributed by atoms with E-state index in [-0.39, 0.29) is 5.91 Å². The number of nitrogens with zero attached hydrogens (tertiary/aromatic N) is 1. The zero-order valence-electron chi connectivity index (χ0n) is 13.7. The Balaban J connectivity index is 1.73. The normalized spacial score (nSPS) is 10.8. The lowest BCUT2D eigenvalue weighted by molar-refractivity contribution is -0.122. The van der Waals surface area contributed by atoms with Crippen LogP contribution < -0.4 is 5.32 Å². The number of halogens is 1. The smallest absolute Gasteiger partial charge is 0.234 e. The summed E-state index contributed by atoms with van der Waals surface area (Å²) in [6.07, 6.45) is 0.858. The molecule has 2 rings (SSSR count). The number of amides is 1. The molecule has 0 heterocycles. The first-order valence-electron chi connectivity index (χ1n) is 7.79. The van der Waals surface area contributed by atoms with E-state index in [0.29, 0.717) is 19.6 Å². The molecule has 23 heavy (non-hydrogen) atoms. The van der Waals surface area contributed by atoms with Crippen molar-refractivity contribution in [2.24, 2.45) is 0 Å². The zero-order valence-corrected chi connectivity index (χ0v) is 14.4. The number of rotatable bonds is 7. The number of hydrogen-bond acceptors (Lipinski definition) is 2. The Morgan fingerprint density at radius 1 is 1.17 bits per heavy atom. The number of aryl methyl sites for hydroxylation is 1. The summed E-state index contributed by atoms with van der Waals surface area (Å²) in [5, 5.41) is 3.70. The molecule has 122 valence electrons. The molecule has 2 aromatic rings. The standard InChI is InChI=1S/C19H23ClN2O/c1-15-6-3-4-8-17(15)10-11-21-19(23)14-22(2)13-16-7-5-9-18(20)12-16/h3-9,12H,10-11,13-14H2,1-2H3,(H,21,23). The minimum atomic E-state index is 0.0445. The van der Waals surface area contributed by atoms with Gasteiger partial charge in [0.05, 0.1) is 6.54 Å². The van der Waals surface area contributed by atoms with Gasteiger partial charge in [-0.05, 0) is 49.2 Å². The maximum absolute atomic E-state index is 12.0. The van der Waals surface area contributed by atoms with Gasteiger partial charge in [0.2, 0.25) is 5.91 Å². The Kier molecular flexibility index (Phi) is 6.63. The summed E-state index contributed by atoms with van der Waals surface area (Å²) in [6, 6.07) is 16.0. The van der Waals surface area contributed by atoms with Crippen LogP contribution in [0.2, 0.25) is 5.02 Å². The maximum atomic E-state index is 12.0. The van der Waals surface area contributed by atoms with Crippen molar-refractivity contribution >= 4 is 17.5 Å². The van der Waals surface area contributed by atoms with Gasteiger partial charge in [0.15, 0.2) is 0 Å². The third-order valence-electron chi connectivity index (χ3n) is 3.73. The number of nitrogens with one attached hydrogen (secondary N) is 1. The molecule has 0 atom stereocenters. The second-order valence-electron chi connectivity index (χ2n) is 5.83. The summed E-state index contributed by atoms with van der Waals surface area (Å²) in [5.41, 5.74) is 3.65. The molecule has 0 spiro atoms. The third-order valence-corrected chi connectivity index (χ3v) is 3.97. The number of likely N-dealkylation sites (N-methyl/N-ethyl adjacent to an activating group) is 1. The molecule has 0 aliphatic carbocycles. The summed E-state index contributed by atoms with van der Waals surface area (Å²) in [6.45, 7) is 3.83. The molecular formula is C19H23ClN2O. The van der Waals surface area contributed by atoms with Crippen molar-refractivity contribution in [3.05, 3.63) is 70.2 Å². The van der Waals surface area contributed by atoms with Crippen molar-refractivity contribution in [2.75, 3.05) is 20.1 Å². The van der Waals surface area contributed by atoms with Crippen LogP contribution in [-0.4, -0.2) is 30.9 Å². The Morgan fingerprint density at radius 2 is 1.96 bits per heavy atom. The van der Waals surface area contributed by atoms with Crippen LogP contribution in [-0.2, 0) is 17.8 Å². The van der Waals surface area contributed by atoms with Crippen LogP contribution in [0.1, 0.15) is 16.7 Å². The molecule has 0 aliphatic heterocycles. The Hall–Kier alpha value is -1.84. The van der Waals surface area contributed by atoms with Crippen LogP contribution >= 0.6 is 11.6 Å². The SMILES string of the molecule is Cc1ccccc1CCNC(=O)CN(C)Cc1cccc(Cl)c1. The molecular weight excluding hydrogens is 308 g/mol. The highest BCUT2D eigenvalue weighted by molar-refractivity contribution is 6.30. The fraction of sp³-hybridized carbons (Fsp3) is 0.316. The van der Waals surface area contributed by atoms with Crippen LogP contribution in [0.25, 0.3) is 0 Å². The average molecular weight is 331 g/mol. The number of carbonyl (C=O) groups is 1. The molecule has 0 radical (unpaired) electrons. The molecule has 0 aromatic heterocycles. The van der Waals surface area contributed by atoms with Gasteiger partial charge in [-0.15, -0.1) is 0 Å². The quantitative estimate of drug-likeness (QED) is 0.843. The molecule has 0 bridgehead atoms. The second kappa shape index (κ2) is 8.70. The average Bonchev–Trinajstić information content (AvgIpc) is 2.49. The van der Waals surface area contributed by atoms with Crippen LogP contribution in [0.5, 0.6) is 0 Å². The van der Waals surface area contributed by atoms with Gasteiger partial charge in [0.25, 0.3) is 0 Å². The van der Waals surface area contributed by atoms with Gasteiger partial charge in [-0.25, -0.2) is 0 Å². The van der Waals surface area contributed by atoms with Gasteiger partial charge in [-0.3, -0.25) is 9.69 Å². The summed E-state index contributed by atoms with van der Waals surface area (Å²) in [5.74, 6) is 0.0445. The first kappa shape index (κ1) is 17.5. The number of benzene rings is 2. The lowest BCUT2D eigenvalue weighted by Crippen LogP contribution is -2.35. The maximum Gasteiger partial charge on any atom is 0.234 e. The molecule has 0 fully saturated rings. The lowest BCUT2D eigenvalue weighted by atomic mass is 10.1. The predicted octanol–water partition coefficient (Wildman–Crippen LogP) is 3.44. The highest BCUT2D eigenvalue weighted by atomic mass is 35.5. The monoisotopic (exact) mass is 330 g/mol. The van der Waals surface area contributed by atoms with Gasteiger partial charge in [0, 0.05) is 18.1 Å². The predicted molar refractivity (Wildman–Crippen MR) is 95.7 cm³/mol. The van der Waals surface area contributed by atoms with E-state index in [0.717, 1.165) is 17.0 Å². The number of carbonyl (C=O) groups excluding carboxylic acids is 1. The van der Waals surface area contributed by atoms with E-state index in [9.17, 15) is 4.79 Å². The molecule has 3 nitrogen and oxygen atoms in total. The molecule has 1 N–H and O–H groups in total. The molecule has 0 unspecified atom stereocenters. The van der Waals surface area contributed by atoms with Crippen LogP contribution in [0, 0.1) is 6.92 Å². The Morgan fingerprint density at radius 3 is 2.70 bits per heavy atom. The van der Waals surface area contributed by atoms with E-state index in [4.69, 9.17) is 11.6 Å². The van der Waals surface area contributed by atoms with Gasteiger partial charge < -0.3 is 5.32 Å². The van der Waals surface area contributed by atoms with Gasteiger partial charge >= 0.3 is 0 Å². The van der Waals surface area contributed by atoms with Gasteiger partial charge in [-0.1, -0.05) is 48.0 Å².